The molecule has 0 aliphatic carbocycles. The van der Waals surface area contributed by atoms with Crippen LogP contribution in [-0.4, -0.2) is 25.2 Å². The van der Waals surface area contributed by atoms with Crippen molar-refractivity contribution in [1.29, 1.82) is 0 Å². The van der Waals surface area contributed by atoms with Crippen molar-refractivity contribution in [3.63, 3.8) is 0 Å². The number of nitrogens with zero attached hydrogens (tertiary/aromatic N) is 1. The first-order valence-electron chi connectivity index (χ1n) is 10.1. The molecule has 3 aromatic rings. The number of anilines is 1. The molecule has 3 rings (SSSR count). The van der Waals surface area contributed by atoms with Gasteiger partial charge in [-0.25, -0.2) is 0 Å². The van der Waals surface area contributed by atoms with Crippen LogP contribution in [0.1, 0.15) is 36.7 Å². The van der Waals surface area contributed by atoms with Gasteiger partial charge in [0.1, 0.15) is 11.3 Å². The average molecular weight is 405 g/mol. The predicted octanol–water partition coefficient (Wildman–Crippen LogP) is 5.07. The van der Waals surface area contributed by atoms with E-state index in [1.54, 1.807) is 24.3 Å². The van der Waals surface area contributed by atoms with Crippen LogP contribution in [0.4, 0.5) is 5.69 Å². The summed E-state index contributed by atoms with van der Waals surface area (Å²) in [5, 5.41) is 9.87. The van der Waals surface area contributed by atoms with Crippen LogP contribution in [0.25, 0.3) is 23.1 Å². The number of aliphatic carboxylic acids is 1. The summed E-state index contributed by atoms with van der Waals surface area (Å²) in [6.07, 6.45) is 4.99. The Bertz CT molecular complexity index is 1110. The summed E-state index contributed by atoms with van der Waals surface area (Å²) in [4.78, 5) is 26.5. The standard InChI is InChI=1S/C25H27NO4/c1-4-18(25(28)29)12-15-21-23(30-22-8-6-5-7-20(22)24(21)27)16-11-17-9-13-19(14-10-17)26(2)3/h5-11,13-14,16,18H,4,12,15H2,1-3H3,(H,28,29). The number of carbonyl (C=O) groups is 1. The highest BCUT2D eigenvalue weighted by molar-refractivity contribution is 5.80. The smallest absolute Gasteiger partial charge is 0.306 e. The first-order chi connectivity index (χ1) is 14.4. The Morgan fingerprint density at radius 2 is 1.80 bits per heavy atom. The number of carboxylic acid groups (broad SMARTS) is 1. The van der Waals surface area contributed by atoms with Crippen molar-refractivity contribution in [3.05, 3.63) is 75.6 Å². The van der Waals surface area contributed by atoms with Crippen LogP contribution in [0.5, 0.6) is 0 Å². The molecule has 0 saturated heterocycles. The Kier molecular flexibility index (Phi) is 6.72. The van der Waals surface area contributed by atoms with Crippen LogP contribution in [-0.2, 0) is 11.2 Å². The maximum absolute atomic E-state index is 13.1. The van der Waals surface area contributed by atoms with E-state index in [1.165, 1.54) is 0 Å². The van der Waals surface area contributed by atoms with Crippen molar-refractivity contribution in [2.45, 2.75) is 26.2 Å². The molecule has 5 nitrogen and oxygen atoms in total. The van der Waals surface area contributed by atoms with Gasteiger partial charge in [-0.1, -0.05) is 37.3 Å². The van der Waals surface area contributed by atoms with Crippen LogP contribution >= 0.6 is 0 Å². The molecular weight excluding hydrogens is 378 g/mol. The molecule has 156 valence electrons. The molecule has 0 spiro atoms. The van der Waals surface area contributed by atoms with E-state index in [4.69, 9.17) is 4.42 Å². The summed E-state index contributed by atoms with van der Waals surface area (Å²) in [6, 6.07) is 15.2. The Labute approximate surface area is 176 Å². The number of para-hydroxylation sites is 1. The van der Waals surface area contributed by atoms with Crippen LogP contribution < -0.4 is 10.3 Å². The summed E-state index contributed by atoms with van der Waals surface area (Å²) in [7, 11) is 3.98. The molecule has 0 aliphatic heterocycles. The fraction of sp³-hybridized carbons (Fsp3) is 0.280. The molecule has 0 aliphatic rings. The molecule has 30 heavy (non-hydrogen) atoms. The zero-order valence-electron chi connectivity index (χ0n) is 17.6. The number of carboxylic acids is 1. The van der Waals surface area contributed by atoms with Crippen LogP contribution in [0, 0.1) is 5.92 Å². The molecule has 1 aromatic heterocycles. The topological polar surface area (TPSA) is 70.8 Å². The minimum atomic E-state index is -0.833. The van der Waals surface area contributed by atoms with E-state index in [0.717, 1.165) is 11.3 Å². The Hall–Kier alpha value is -3.34. The van der Waals surface area contributed by atoms with Crippen molar-refractivity contribution in [1.82, 2.24) is 0 Å². The molecular formula is C25H27NO4. The summed E-state index contributed by atoms with van der Waals surface area (Å²) < 4.78 is 6.04. The molecule has 0 fully saturated rings. The Morgan fingerprint density at radius 3 is 2.43 bits per heavy atom. The van der Waals surface area contributed by atoms with E-state index in [-0.39, 0.29) is 5.43 Å². The van der Waals surface area contributed by atoms with E-state index >= 15 is 0 Å². The normalized spacial score (nSPS) is 12.4. The third-order valence-corrected chi connectivity index (χ3v) is 5.34. The van der Waals surface area contributed by atoms with Gasteiger partial charge in [0, 0.05) is 25.3 Å². The second-order valence-electron chi connectivity index (χ2n) is 7.57. The molecule has 0 saturated carbocycles. The van der Waals surface area contributed by atoms with E-state index < -0.39 is 11.9 Å². The molecule has 0 radical (unpaired) electrons. The Balaban J connectivity index is 1.98. The van der Waals surface area contributed by atoms with Gasteiger partial charge >= 0.3 is 5.97 Å². The van der Waals surface area contributed by atoms with E-state index in [2.05, 4.69) is 0 Å². The first-order valence-corrected chi connectivity index (χ1v) is 10.1. The SMILES string of the molecule is CCC(CCc1c(C=Cc2ccc(N(C)C)cc2)oc2ccccc2c1=O)C(=O)O. The maximum Gasteiger partial charge on any atom is 0.306 e. The average Bonchev–Trinajstić information content (AvgIpc) is 2.74. The van der Waals surface area contributed by atoms with Crippen LogP contribution in [0.3, 0.4) is 0 Å². The number of rotatable bonds is 8. The molecule has 0 bridgehead atoms. The van der Waals surface area contributed by atoms with Crippen LogP contribution in [0.15, 0.2) is 57.7 Å². The molecule has 1 N–H and O–H groups in total. The van der Waals surface area contributed by atoms with Crippen molar-refractivity contribution in [2.75, 3.05) is 19.0 Å². The van der Waals surface area contributed by atoms with Gasteiger partial charge in [-0.2, -0.15) is 0 Å². The lowest BCUT2D eigenvalue weighted by atomic mass is 9.96. The van der Waals surface area contributed by atoms with Crippen LogP contribution in [0.2, 0.25) is 0 Å². The van der Waals surface area contributed by atoms with Gasteiger partial charge in [-0.3, -0.25) is 9.59 Å². The highest BCUT2D eigenvalue weighted by Gasteiger charge is 2.18. The molecule has 0 amide bonds. The lowest BCUT2D eigenvalue weighted by Crippen LogP contribution is -2.17. The van der Waals surface area contributed by atoms with Crippen molar-refractivity contribution in [2.24, 2.45) is 5.92 Å². The van der Waals surface area contributed by atoms with Crippen molar-refractivity contribution < 1.29 is 14.3 Å². The zero-order chi connectivity index (χ0) is 21.7. The second kappa shape index (κ2) is 9.44. The van der Waals surface area contributed by atoms with Crippen molar-refractivity contribution >= 4 is 34.8 Å². The largest absolute Gasteiger partial charge is 0.481 e. The first kappa shape index (κ1) is 21.4. The fourth-order valence-electron chi connectivity index (χ4n) is 3.45. The third kappa shape index (κ3) is 4.79. The van der Waals surface area contributed by atoms with E-state index in [9.17, 15) is 14.7 Å². The summed E-state index contributed by atoms with van der Waals surface area (Å²) in [5.74, 6) is -0.831. The van der Waals surface area contributed by atoms with E-state index in [1.807, 2.05) is 62.3 Å². The predicted molar refractivity (Wildman–Crippen MR) is 122 cm³/mol. The highest BCUT2D eigenvalue weighted by Crippen LogP contribution is 2.22. The highest BCUT2D eigenvalue weighted by atomic mass is 16.4. The number of hydrogen-bond donors (Lipinski definition) is 1. The lowest BCUT2D eigenvalue weighted by Gasteiger charge is -2.12. The van der Waals surface area contributed by atoms with Gasteiger partial charge in [0.2, 0.25) is 0 Å². The summed E-state index contributed by atoms with van der Waals surface area (Å²) >= 11 is 0. The van der Waals surface area contributed by atoms with Gasteiger partial charge < -0.3 is 14.4 Å². The monoisotopic (exact) mass is 405 g/mol. The van der Waals surface area contributed by atoms with Gasteiger partial charge in [-0.05, 0) is 55.2 Å². The number of fused-ring (bicyclic) bond motifs is 1. The minimum absolute atomic E-state index is 0.0975. The zero-order valence-corrected chi connectivity index (χ0v) is 17.6. The third-order valence-electron chi connectivity index (χ3n) is 5.34. The molecule has 5 heteroatoms. The molecule has 1 heterocycles. The van der Waals surface area contributed by atoms with Crippen molar-refractivity contribution in [3.8, 4) is 0 Å². The summed E-state index contributed by atoms with van der Waals surface area (Å²) in [5.41, 5.74) is 3.04. The minimum Gasteiger partial charge on any atom is -0.481 e. The van der Waals surface area contributed by atoms with Gasteiger partial charge in [-0.15, -0.1) is 0 Å². The van der Waals surface area contributed by atoms with Gasteiger partial charge in [0.05, 0.1) is 11.3 Å². The van der Waals surface area contributed by atoms with Gasteiger partial charge in [0.15, 0.2) is 5.43 Å². The molecule has 2 aromatic carbocycles. The quantitative estimate of drug-likeness (QED) is 0.566. The van der Waals surface area contributed by atoms with Gasteiger partial charge in [0.25, 0.3) is 0 Å². The lowest BCUT2D eigenvalue weighted by molar-refractivity contribution is -0.142. The second-order valence-corrected chi connectivity index (χ2v) is 7.57. The molecule has 1 unspecified atom stereocenters. The number of benzene rings is 2. The molecule has 1 atom stereocenters. The van der Waals surface area contributed by atoms with E-state index in [0.29, 0.717) is 41.6 Å². The maximum atomic E-state index is 13.1. The fourth-order valence-corrected chi connectivity index (χ4v) is 3.45. The Morgan fingerprint density at radius 1 is 1.10 bits per heavy atom. The summed E-state index contributed by atoms with van der Waals surface area (Å²) in [6.45, 7) is 1.85. The number of hydrogen-bond acceptors (Lipinski definition) is 4.